The van der Waals surface area contributed by atoms with Crippen molar-refractivity contribution in [2.45, 2.75) is 40.0 Å². The third-order valence-corrected chi connectivity index (χ3v) is 3.49. The van der Waals surface area contributed by atoms with Crippen molar-refractivity contribution in [3.63, 3.8) is 0 Å². The minimum Gasteiger partial charge on any atom is -0.340 e. The lowest BCUT2D eigenvalue weighted by atomic mass is 10.1. The number of benzene rings is 1. The molecule has 1 N–H and O–H groups in total. The molecule has 0 unspecified atom stereocenters. The fourth-order valence-corrected chi connectivity index (χ4v) is 2.42. The number of aromatic nitrogens is 1. The van der Waals surface area contributed by atoms with Gasteiger partial charge in [-0.25, -0.2) is 4.98 Å². The molecule has 2 rings (SSSR count). The van der Waals surface area contributed by atoms with Crippen molar-refractivity contribution in [3.05, 3.63) is 53.2 Å². The van der Waals surface area contributed by atoms with Crippen LogP contribution in [0, 0.1) is 0 Å². The lowest BCUT2D eigenvalue weighted by Crippen LogP contribution is -2.06. The lowest BCUT2D eigenvalue weighted by Gasteiger charge is -2.12. The summed E-state index contributed by atoms with van der Waals surface area (Å²) >= 11 is 0. The number of anilines is 2. The van der Waals surface area contributed by atoms with Crippen molar-refractivity contribution in [2.24, 2.45) is 0 Å². The molecule has 0 saturated carbocycles. The Hall–Kier alpha value is -2.16. The van der Waals surface area contributed by atoms with Gasteiger partial charge in [-0.3, -0.25) is 4.79 Å². The number of nitrogens with zero attached hydrogens (tertiary/aromatic N) is 1. The van der Waals surface area contributed by atoms with Gasteiger partial charge in [0.15, 0.2) is 5.78 Å². The second-order valence-corrected chi connectivity index (χ2v) is 5.15. The summed E-state index contributed by atoms with van der Waals surface area (Å²) in [6.07, 6.45) is 2.93. The summed E-state index contributed by atoms with van der Waals surface area (Å²) in [5.41, 5.74) is 3.89. The molecule has 3 heteroatoms. The van der Waals surface area contributed by atoms with Crippen LogP contribution in [0.5, 0.6) is 0 Å². The molecule has 1 aromatic heterocycles. The van der Waals surface area contributed by atoms with E-state index in [0.29, 0.717) is 5.69 Å². The molecular weight excluding hydrogens is 260 g/mol. The Morgan fingerprint density at radius 1 is 1.10 bits per heavy atom. The van der Waals surface area contributed by atoms with Gasteiger partial charge in [0, 0.05) is 12.6 Å². The second-order valence-electron chi connectivity index (χ2n) is 5.15. The van der Waals surface area contributed by atoms with E-state index in [4.69, 9.17) is 0 Å². The van der Waals surface area contributed by atoms with Gasteiger partial charge in [0.05, 0.1) is 0 Å². The van der Waals surface area contributed by atoms with E-state index in [1.807, 2.05) is 37.3 Å². The highest BCUT2D eigenvalue weighted by Crippen LogP contribution is 2.22. The molecule has 0 aliphatic carbocycles. The van der Waals surface area contributed by atoms with Crippen LogP contribution in [-0.4, -0.2) is 10.8 Å². The average molecular weight is 282 g/mol. The molecule has 0 bridgehead atoms. The van der Waals surface area contributed by atoms with Gasteiger partial charge in [0.1, 0.15) is 11.5 Å². The molecule has 1 heterocycles. The minimum atomic E-state index is 0.0114. The Morgan fingerprint density at radius 2 is 1.86 bits per heavy atom. The molecule has 0 aliphatic rings. The van der Waals surface area contributed by atoms with Crippen molar-refractivity contribution in [2.75, 3.05) is 5.32 Å². The minimum absolute atomic E-state index is 0.0114. The van der Waals surface area contributed by atoms with Crippen molar-refractivity contribution in [1.29, 1.82) is 0 Å². The highest BCUT2D eigenvalue weighted by atomic mass is 16.1. The summed E-state index contributed by atoms with van der Waals surface area (Å²) in [6.45, 7) is 5.77. The molecule has 21 heavy (non-hydrogen) atoms. The van der Waals surface area contributed by atoms with E-state index in [-0.39, 0.29) is 5.78 Å². The third-order valence-electron chi connectivity index (χ3n) is 3.49. The molecule has 110 valence electrons. The highest BCUT2D eigenvalue weighted by molar-refractivity contribution is 5.94. The number of hydrogen-bond acceptors (Lipinski definition) is 3. The largest absolute Gasteiger partial charge is 0.340 e. The first kappa shape index (κ1) is 15.2. The molecule has 0 aliphatic heterocycles. The van der Waals surface area contributed by atoms with Crippen LogP contribution in [0.4, 0.5) is 11.5 Å². The number of carbonyl (C=O) groups is 1. The van der Waals surface area contributed by atoms with E-state index in [9.17, 15) is 4.79 Å². The van der Waals surface area contributed by atoms with Gasteiger partial charge >= 0.3 is 0 Å². The maximum atomic E-state index is 11.7. The molecule has 3 nitrogen and oxygen atoms in total. The summed E-state index contributed by atoms with van der Waals surface area (Å²) in [5.74, 6) is 0.735. The number of ketones is 1. The molecule has 0 amide bonds. The Morgan fingerprint density at radius 3 is 2.52 bits per heavy atom. The van der Waals surface area contributed by atoms with Crippen molar-refractivity contribution in [1.82, 2.24) is 4.98 Å². The van der Waals surface area contributed by atoms with E-state index >= 15 is 0 Å². The van der Waals surface area contributed by atoms with E-state index in [2.05, 4.69) is 23.3 Å². The van der Waals surface area contributed by atoms with E-state index in [0.717, 1.165) is 36.3 Å². The SMILES string of the molecule is CCCc1ccccc1Nc1ccc(CC)c(C(C)=O)n1. The maximum Gasteiger partial charge on any atom is 0.178 e. The van der Waals surface area contributed by atoms with E-state index in [1.165, 1.54) is 5.56 Å². The fourth-order valence-electron chi connectivity index (χ4n) is 2.42. The Labute approximate surface area is 126 Å². The van der Waals surface area contributed by atoms with Gasteiger partial charge in [-0.15, -0.1) is 0 Å². The molecular formula is C18H22N2O. The van der Waals surface area contributed by atoms with Crippen LogP contribution in [-0.2, 0) is 12.8 Å². The first-order valence-electron chi connectivity index (χ1n) is 7.51. The van der Waals surface area contributed by atoms with Crippen molar-refractivity contribution in [3.8, 4) is 0 Å². The summed E-state index contributed by atoms with van der Waals surface area (Å²) in [4.78, 5) is 16.2. The Balaban J connectivity index is 2.32. The zero-order valence-electron chi connectivity index (χ0n) is 12.9. The number of aryl methyl sites for hydroxylation is 2. The van der Waals surface area contributed by atoms with Gasteiger partial charge in [0.25, 0.3) is 0 Å². The predicted molar refractivity (Wildman–Crippen MR) is 87.3 cm³/mol. The summed E-state index contributed by atoms with van der Waals surface area (Å²) < 4.78 is 0. The van der Waals surface area contributed by atoms with Crippen LogP contribution in [0.3, 0.4) is 0 Å². The first-order chi connectivity index (χ1) is 10.2. The summed E-state index contributed by atoms with van der Waals surface area (Å²) in [6, 6.07) is 12.1. The number of rotatable bonds is 6. The topological polar surface area (TPSA) is 42.0 Å². The van der Waals surface area contributed by atoms with Crippen LogP contribution >= 0.6 is 0 Å². The molecule has 2 aromatic rings. The van der Waals surface area contributed by atoms with Gasteiger partial charge in [-0.1, -0.05) is 44.5 Å². The van der Waals surface area contributed by atoms with Gasteiger partial charge in [-0.05, 0) is 36.1 Å². The quantitative estimate of drug-likeness (QED) is 0.791. The fraction of sp³-hybridized carbons (Fsp3) is 0.333. The zero-order valence-corrected chi connectivity index (χ0v) is 12.9. The number of Topliss-reactive ketones (excluding diaryl/α,β-unsaturated/α-hetero) is 1. The van der Waals surface area contributed by atoms with E-state index in [1.54, 1.807) is 6.92 Å². The smallest absolute Gasteiger partial charge is 0.178 e. The van der Waals surface area contributed by atoms with Crippen molar-refractivity contribution < 1.29 is 4.79 Å². The number of nitrogens with one attached hydrogen (secondary N) is 1. The third kappa shape index (κ3) is 3.69. The molecule has 0 saturated heterocycles. The van der Waals surface area contributed by atoms with Crippen LogP contribution in [0.25, 0.3) is 0 Å². The number of hydrogen-bond donors (Lipinski definition) is 1. The number of para-hydroxylation sites is 1. The lowest BCUT2D eigenvalue weighted by molar-refractivity contribution is 0.101. The number of pyridine rings is 1. The molecule has 0 fully saturated rings. The van der Waals surface area contributed by atoms with Crippen LogP contribution in [0.2, 0.25) is 0 Å². The second kappa shape index (κ2) is 7.02. The Bertz CT molecular complexity index is 635. The van der Waals surface area contributed by atoms with Crippen LogP contribution in [0.15, 0.2) is 36.4 Å². The average Bonchev–Trinajstić information content (AvgIpc) is 2.49. The van der Waals surface area contributed by atoms with Crippen molar-refractivity contribution >= 4 is 17.3 Å². The first-order valence-corrected chi connectivity index (χ1v) is 7.51. The molecule has 1 aromatic carbocycles. The predicted octanol–water partition coefficient (Wildman–Crippen LogP) is 4.54. The number of carbonyl (C=O) groups excluding carboxylic acids is 1. The zero-order chi connectivity index (χ0) is 15.2. The van der Waals surface area contributed by atoms with Crippen LogP contribution < -0.4 is 5.32 Å². The highest BCUT2D eigenvalue weighted by Gasteiger charge is 2.10. The monoisotopic (exact) mass is 282 g/mol. The van der Waals surface area contributed by atoms with Crippen LogP contribution in [0.1, 0.15) is 48.8 Å². The normalized spacial score (nSPS) is 10.4. The summed E-state index contributed by atoms with van der Waals surface area (Å²) in [7, 11) is 0. The van der Waals surface area contributed by atoms with Gasteiger partial charge in [-0.2, -0.15) is 0 Å². The molecule has 0 atom stereocenters. The Kier molecular flexibility index (Phi) is 5.09. The van der Waals surface area contributed by atoms with Gasteiger partial charge < -0.3 is 5.32 Å². The summed E-state index contributed by atoms with van der Waals surface area (Å²) in [5, 5.41) is 3.34. The van der Waals surface area contributed by atoms with E-state index < -0.39 is 0 Å². The van der Waals surface area contributed by atoms with Gasteiger partial charge in [0.2, 0.25) is 0 Å². The standard InChI is InChI=1S/C18H22N2O/c1-4-8-15-9-6-7-10-16(15)19-17-12-11-14(5-2)18(20-17)13(3)21/h6-7,9-12H,4-5,8H2,1-3H3,(H,19,20). The molecule has 0 radical (unpaired) electrons. The maximum absolute atomic E-state index is 11.7. The molecule has 0 spiro atoms.